The Kier molecular flexibility index (Phi) is 4.87. The molecule has 0 amide bonds. The Morgan fingerprint density at radius 2 is 1.03 bits per heavy atom. The number of esters is 2. The molecule has 0 saturated carbocycles. The molecule has 5 nitrogen and oxygen atoms in total. The second-order valence-electron chi connectivity index (χ2n) is 6.42. The molecule has 0 aliphatic carbocycles. The van der Waals surface area contributed by atoms with Crippen molar-refractivity contribution in [1.82, 2.24) is 0 Å². The van der Waals surface area contributed by atoms with Crippen LogP contribution in [0.5, 0.6) is 0 Å². The molecule has 0 fully saturated rings. The third-order valence-electron chi connectivity index (χ3n) is 4.73. The highest BCUT2D eigenvalue weighted by molar-refractivity contribution is 6.12. The van der Waals surface area contributed by atoms with Gasteiger partial charge < -0.3 is 13.9 Å². The lowest BCUT2D eigenvalue weighted by molar-refractivity contribution is 0.0555. The summed E-state index contributed by atoms with van der Waals surface area (Å²) < 4.78 is 16.0. The van der Waals surface area contributed by atoms with E-state index in [1.54, 1.807) is 12.1 Å². The van der Waals surface area contributed by atoms with Crippen molar-refractivity contribution < 1.29 is 23.5 Å². The molecular formula is C24H18O5. The predicted molar refractivity (Wildman–Crippen MR) is 110 cm³/mol. The van der Waals surface area contributed by atoms with E-state index in [1.165, 1.54) is 14.2 Å². The van der Waals surface area contributed by atoms with Gasteiger partial charge in [0, 0.05) is 21.9 Å². The molecule has 0 spiro atoms. The molecule has 0 radical (unpaired) electrons. The molecule has 29 heavy (non-hydrogen) atoms. The fraction of sp³-hybridized carbons (Fsp3) is 0.0833. The van der Waals surface area contributed by atoms with Crippen LogP contribution in [-0.2, 0) is 9.47 Å². The summed E-state index contributed by atoms with van der Waals surface area (Å²) in [5.41, 5.74) is 1.98. The molecule has 0 saturated heterocycles. The van der Waals surface area contributed by atoms with Gasteiger partial charge in [0.25, 0.3) is 0 Å². The quantitative estimate of drug-likeness (QED) is 0.443. The van der Waals surface area contributed by atoms with Crippen molar-refractivity contribution in [2.75, 3.05) is 14.2 Å². The largest absolute Gasteiger partial charge is 0.465 e. The lowest BCUT2D eigenvalue weighted by atomic mass is 9.98. The van der Waals surface area contributed by atoms with Gasteiger partial charge in [0.2, 0.25) is 0 Å². The lowest BCUT2D eigenvalue weighted by Gasteiger charge is -2.07. The van der Waals surface area contributed by atoms with Gasteiger partial charge in [0.1, 0.15) is 11.5 Å². The molecule has 1 heterocycles. The Morgan fingerprint density at radius 3 is 1.38 bits per heavy atom. The van der Waals surface area contributed by atoms with E-state index in [4.69, 9.17) is 13.9 Å². The SMILES string of the molecule is COC(=O)c1cc2c(-c3ccccc3)oc(-c3ccccc3)c2cc1C(=O)OC. The van der Waals surface area contributed by atoms with Crippen molar-refractivity contribution >= 4 is 22.7 Å². The van der Waals surface area contributed by atoms with E-state index in [2.05, 4.69) is 0 Å². The second kappa shape index (κ2) is 7.64. The van der Waals surface area contributed by atoms with Crippen molar-refractivity contribution in [2.45, 2.75) is 0 Å². The number of ether oxygens (including phenoxy) is 2. The topological polar surface area (TPSA) is 65.7 Å². The first-order valence-corrected chi connectivity index (χ1v) is 9.02. The van der Waals surface area contributed by atoms with Crippen LogP contribution >= 0.6 is 0 Å². The van der Waals surface area contributed by atoms with Gasteiger partial charge in [-0.2, -0.15) is 0 Å². The van der Waals surface area contributed by atoms with E-state index in [1.807, 2.05) is 60.7 Å². The van der Waals surface area contributed by atoms with Crippen LogP contribution in [0, 0.1) is 0 Å². The molecule has 0 atom stereocenters. The number of carbonyl (C=O) groups excluding carboxylic acids is 2. The van der Waals surface area contributed by atoms with Crippen LogP contribution in [0.25, 0.3) is 33.4 Å². The molecular weight excluding hydrogens is 368 g/mol. The van der Waals surface area contributed by atoms with Gasteiger partial charge in [0.15, 0.2) is 0 Å². The number of methoxy groups -OCH3 is 2. The summed E-state index contributed by atoms with van der Waals surface area (Å²) in [6, 6.07) is 22.5. The summed E-state index contributed by atoms with van der Waals surface area (Å²) in [6.07, 6.45) is 0. The van der Waals surface area contributed by atoms with Crippen LogP contribution in [0.3, 0.4) is 0 Å². The first-order valence-electron chi connectivity index (χ1n) is 9.02. The molecule has 0 N–H and O–H groups in total. The highest BCUT2D eigenvalue weighted by Gasteiger charge is 2.24. The molecule has 4 rings (SSSR count). The van der Waals surface area contributed by atoms with E-state index in [0.29, 0.717) is 22.3 Å². The molecule has 5 heteroatoms. The number of fused-ring (bicyclic) bond motifs is 1. The smallest absolute Gasteiger partial charge is 0.338 e. The summed E-state index contributed by atoms with van der Waals surface area (Å²) in [5.74, 6) is -0.00964. The number of benzene rings is 3. The first kappa shape index (κ1) is 18.5. The number of furan rings is 1. The van der Waals surface area contributed by atoms with Crippen LogP contribution in [-0.4, -0.2) is 26.2 Å². The normalized spacial score (nSPS) is 10.7. The molecule has 0 unspecified atom stereocenters. The summed E-state index contributed by atoms with van der Waals surface area (Å²) in [7, 11) is 2.55. The van der Waals surface area contributed by atoms with E-state index in [9.17, 15) is 9.59 Å². The standard InChI is InChI=1S/C24H18O5/c1-27-23(25)19-13-17-18(14-20(19)24(26)28-2)22(16-11-7-4-8-12-16)29-21(17)15-9-5-3-6-10-15/h3-14H,1-2H3. The highest BCUT2D eigenvalue weighted by atomic mass is 16.5. The Hall–Kier alpha value is -3.86. The minimum absolute atomic E-state index is 0.129. The number of rotatable bonds is 4. The van der Waals surface area contributed by atoms with Gasteiger partial charge in [-0.25, -0.2) is 9.59 Å². The van der Waals surface area contributed by atoms with Crippen LogP contribution in [0.4, 0.5) is 0 Å². The van der Waals surface area contributed by atoms with Crippen LogP contribution in [0.2, 0.25) is 0 Å². The maximum absolute atomic E-state index is 12.4. The Labute approximate surface area is 167 Å². The van der Waals surface area contributed by atoms with Crippen LogP contribution in [0.15, 0.2) is 77.2 Å². The zero-order chi connectivity index (χ0) is 20.4. The molecule has 3 aromatic carbocycles. The van der Waals surface area contributed by atoms with Crippen molar-refractivity contribution in [3.8, 4) is 22.6 Å². The number of hydrogen-bond acceptors (Lipinski definition) is 5. The minimum atomic E-state index is -0.617. The maximum Gasteiger partial charge on any atom is 0.338 e. The Bertz CT molecular complexity index is 1100. The van der Waals surface area contributed by atoms with E-state index >= 15 is 0 Å². The first-order chi connectivity index (χ1) is 14.1. The summed E-state index contributed by atoms with van der Waals surface area (Å²) in [4.78, 5) is 24.7. The summed E-state index contributed by atoms with van der Waals surface area (Å²) in [6.45, 7) is 0. The van der Waals surface area contributed by atoms with Gasteiger partial charge in [-0.05, 0) is 12.1 Å². The second-order valence-corrected chi connectivity index (χ2v) is 6.42. The van der Waals surface area contributed by atoms with Crippen molar-refractivity contribution in [1.29, 1.82) is 0 Å². The van der Waals surface area contributed by atoms with Crippen LogP contribution in [0.1, 0.15) is 20.7 Å². The Morgan fingerprint density at radius 1 is 0.655 bits per heavy atom. The molecule has 1 aromatic heterocycles. The van der Waals surface area contributed by atoms with Gasteiger partial charge in [-0.1, -0.05) is 60.7 Å². The summed E-state index contributed by atoms with van der Waals surface area (Å²) in [5, 5.41) is 1.42. The molecule has 0 aliphatic rings. The van der Waals surface area contributed by atoms with Crippen molar-refractivity contribution in [3.63, 3.8) is 0 Å². The minimum Gasteiger partial charge on any atom is -0.465 e. The third-order valence-corrected chi connectivity index (χ3v) is 4.73. The number of hydrogen-bond donors (Lipinski definition) is 0. The van der Waals surface area contributed by atoms with Gasteiger partial charge in [-0.3, -0.25) is 0 Å². The highest BCUT2D eigenvalue weighted by Crippen LogP contribution is 2.40. The zero-order valence-electron chi connectivity index (χ0n) is 16.0. The number of carbonyl (C=O) groups is 2. The molecule has 144 valence electrons. The average molecular weight is 386 g/mol. The van der Waals surface area contributed by atoms with Gasteiger partial charge in [-0.15, -0.1) is 0 Å². The van der Waals surface area contributed by atoms with E-state index < -0.39 is 11.9 Å². The summed E-state index contributed by atoms with van der Waals surface area (Å²) >= 11 is 0. The average Bonchev–Trinajstić information content (AvgIpc) is 3.17. The van der Waals surface area contributed by atoms with E-state index in [0.717, 1.165) is 11.1 Å². The van der Waals surface area contributed by atoms with E-state index in [-0.39, 0.29) is 11.1 Å². The van der Waals surface area contributed by atoms with Crippen LogP contribution < -0.4 is 0 Å². The lowest BCUT2D eigenvalue weighted by Crippen LogP contribution is -2.11. The predicted octanol–water partition coefficient (Wildman–Crippen LogP) is 5.34. The fourth-order valence-corrected chi connectivity index (χ4v) is 3.35. The fourth-order valence-electron chi connectivity index (χ4n) is 3.35. The zero-order valence-corrected chi connectivity index (χ0v) is 16.0. The molecule has 0 bridgehead atoms. The maximum atomic E-state index is 12.4. The third kappa shape index (κ3) is 3.27. The Balaban J connectivity index is 2.09. The molecule has 0 aliphatic heterocycles. The monoisotopic (exact) mass is 386 g/mol. The molecule has 4 aromatic rings. The van der Waals surface area contributed by atoms with Gasteiger partial charge >= 0.3 is 11.9 Å². The van der Waals surface area contributed by atoms with Gasteiger partial charge in [0.05, 0.1) is 25.3 Å². The van der Waals surface area contributed by atoms with Crippen molar-refractivity contribution in [2.24, 2.45) is 0 Å². The van der Waals surface area contributed by atoms with Crippen molar-refractivity contribution in [3.05, 3.63) is 83.9 Å².